The van der Waals surface area contributed by atoms with Crippen LogP contribution in [0.15, 0.2) is 42.5 Å². The number of sulfonamides is 1. The third-order valence-electron chi connectivity index (χ3n) is 5.63. The Bertz CT molecular complexity index is 1300. The quantitative estimate of drug-likeness (QED) is 0.364. The topological polar surface area (TPSA) is 86.8 Å². The SMILES string of the molecule is C[C@@H](C(=O)NC(C)(C)C)N(Cc1ccc(Cl)cc1Cl)C(=O)CCCN(c1cccc(C(F)(F)F)c1)S(C)(=O)=O. The van der Waals surface area contributed by atoms with Crippen molar-refractivity contribution in [3.8, 4) is 0 Å². The molecular formula is C26H32Cl2F3N3O4S. The number of hydrogen-bond acceptors (Lipinski definition) is 4. The predicted molar refractivity (Wildman–Crippen MR) is 147 cm³/mol. The lowest BCUT2D eigenvalue weighted by molar-refractivity contribution is -0.141. The third kappa shape index (κ3) is 9.88. The average Bonchev–Trinajstić information content (AvgIpc) is 2.78. The second-order valence-corrected chi connectivity index (χ2v) is 12.9. The van der Waals surface area contributed by atoms with Gasteiger partial charge in [-0.2, -0.15) is 13.2 Å². The van der Waals surface area contributed by atoms with Gasteiger partial charge in [-0.15, -0.1) is 0 Å². The highest BCUT2D eigenvalue weighted by Crippen LogP contribution is 2.32. The summed E-state index contributed by atoms with van der Waals surface area (Å²) in [4.78, 5) is 27.6. The van der Waals surface area contributed by atoms with Crippen molar-refractivity contribution in [1.29, 1.82) is 0 Å². The van der Waals surface area contributed by atoms with E-state index in [1.807, 2.05) is 0 Å². The summed E-state index contributed by atoms with van der Waals surface area (Å²) < 4.78 is 65.2. The molecule has 0 aromatic heterocycles. The predicted octanol–water partition coefficient (Wildman–Crippen LogP) is 5.89. The van der Waals surface area contributed by atoms with Crippen LogP contribution >= 0.6 is 23.2 Å². The Hall–Kier alpha value is -2.50. The Morgan fingerprint density at radius 1 is 1.05 bits per heavy atom. The summed E-state index contributed by atoms with van der Waals surface area (Å²) in [5.41, 5.74) is -1.16. The van der Waals surface area contributed by atoms with E-state index in [1.54, 1.807) is 39.8 Å². The van der Waals surface area contributed by atoms with Gasteiger partial charge >= 0.3 is 6.18 Å². The fourth-order valence-corrected chi connectivity index (χ4v) is 5.16. The van der Waals surface area contributed by atoms with Gasteiger partial charge in [0.25, 0.3) is 0 Å². The molecule has 2 rings (SSSR count). The smallest absolute Gasteiger partial charge is 0.350 e. The summed E-state index contributed by atoms with van der Waals surface area (Å²) in [6.07, 6.45) is -3.96. The minimum Gasteiger partial charge on any atom is -0.350 e. The van der Waals surface area contributed by atoms with Gasteiger partial charge in [-0.05, 0) is 70.0 Å². The van der Waals surface area contributed by atoms with E-state index in [-0.39, 0.29) is 31.6 Å². The van der Waals surface area contributed by atoms with E-state index in [0.29, 0.717) is 15.6 Å². The van der Waals surface area contributed by atoms with Crippen LogP contribution in [0.3, 0.4) is 0 Å². The van der Waals surface area contributed by atoms with Gasteiger partial charge in [0, 0.05) is 35.1 Å². The number of hydrogen-bond donors (Lipinski definition) is 1. The molecule has 1 N–H and O–H groups in total. The molecule has 0 radical (unpaired) electrons. The molecular weight excluding hydrogens is 578 g/mol. The molecule has 0 saturated heterocycles. The Labute approximate surface area is 237 Å². The zero-order valence-corrected chi connectivity index (χ0v) is 24.6. The number of nitrogens with zero attached hydrogens (tertiary/aromatic N) is 2. The monoisotopic (exact) mass is 609 g/mol. The molecule has 0 aliphatic rings. The highest BCUT2D eigenvalue weighted by Gasteiger charge is 2.32. The molecule has 0 bridgehead atoms. The van der Waals surface area contributed by atoms with E-state index in [4.69, 9.17) is 23.2 Å². The minimum absolute atomic E-state index is 0.0133. The standard InChI is InChI=1S/C26H32Cl2F3N3O4S/c1-17(24(36)32-25(2,3)4)33(16-18-11-12-20(27)15-22(18)28)23(35)10-7-13-34(39(5,37)38)21-9-6-8-19(14-21)26(29,30)31/h6,8-9,11-12,14-15,17H,7,10,13,16H2,1-5H3,(H,32,36)/t17-/m0/s1. The van der Waals surface area contributed by atoms with Crippen LogP contribution in [0.1, 0.15) is 51.7 Å². The number of carbonyl (C=O) groups excluding carboxylic acids is 2. The first-order chi connectivity index (χ1) is 17.8. The summed E-state index contributed by atoms with van der Waals surface area (Å²) in [5.74, 6) is -0.863. The van der Waals surface area contributed by atoms with E-state index >= 15 is 0 Å². The molecule has 0 fully saturated rings. The number of anilines is 1. The lowest BCUT2D eigenvalue weighted by Crippen LogP contribution is -2.52. The number of alkyl halides is 3. The molecule has 39 heavy (non-hydrogen) atoms. The van der Waals surface area contributed by atoms with Gasteiger partial charge in [-0.25, -0.2) is 8.42 Å². The maximum Gasteiger partial charge on any atom is 0.416 e. The first kappa shape index (κ1) is 32.7. The van der Waals surface area contributed by atoms with E-state index in [9.17, 15) is 31.2 Å². The molecule has 216 valence electrons. The zero-order chi connectivity index (χ0) is 29.8. The van der Waals surface area contributed by atoms with E-state index in [1.165, 1.54) is 17.0 Å². The number of benzene rings is 2. The Balaban J connectivity index is 2.27. The van der Waals surface area contributed by atoms with Crippen molar-refractivity contribution in [3.63, 3.8) is 0 Å². The van der Waals surface area contributed by atoms with Crippen molar-refractivity contribution in [2.45, 2.75) is 64.8 Å². The first-order valence-corrected chi connectivity index (χ1v) is 14.6. The van der Waals surface area contributed by atoms with Crippen molar-refractivity contribution in [3.05, 3.63) is 63.6 Å². The van der Waals surface area contributed by atoms with Crippen molar-refractivity contribution in [2.75, 3.05) is 17.1 Å². The van der Waals surface area contributed by atoms with Gasteiger partial charge in [0.1, 0.15) is 6.04 Å². The lowest BCUT2D eigenvalue weighted by Gasteiger charge is -2.32. The molecule has 0 unspecified atom stereocenters. The van der Waals surface area contributed by atoms with Crippen LogP contribution in [-0.2, 0) is 32.3 Å². The van der Waals surface area contributed by atoms with Crippen molar-refractivity contribution < 1.29 is 31.2 Å². The van der Waals surface area contributed by atoms with Crippen molar-refractivity contribution in [2.24, 2.45) is 0 Å². The Morgan fingerprint density at radius 3 is 2.23 bits per heavy atom. The molecule has 2 amide bonds. The fourth-order valence-electron chi connectivity index (χ4n) is 3.73. The molecule has 1 atom stereocenters. The molecule has 0 heterocycles. The lowest BCUT2D eigenvalue weighted by atomic mass is 10.1. The second kappa shape index (κ2) is 12.8. The highest BCUT2D eigenvalue weighted by molar-refractivity contribution is 7.92. The van der Waals surface area contributed by atoms with Gasteiger partial charge in [0.15, 0.2) is 0 Å². The molecule has 2 aromatic carbocycles. The second-order valence-electron chi connectivity index (χ2n) is 10.2. The number of carbonyl (C=O) groups is 2. The number of nitrogens with one attached hydrogen (secondary N) is 1. The molecule has 7 nitrogen and oxygen atoms in total. The number of amides is 2. The average molecular weight is 611 g/mol. The van der Waals surface area contributed by atoms with Gasteiger partial charge in [-0.3, -0.25) is 13.9 Å². The summed E-state index contributed by atoms with van der Waals surface area (Å²) in [6, 6.07) is 7.81. The van der Waals surface area contributed by atoms with Crippen LogP contribution < -0.4 is 9.62 Å². The maximum atomic E-state index is 13.4. The van der Waals surface area contributed by atoms with Crippen LogP contribution in [0.2, 0.25) is 10.0 Å². The van der Waals surface area contributed by atoms with Crippen LogP contribution in [-0.4, -0.2) is 49.5 Å². The van der Waals surface area contributed by atoms with Gasteiger partial charge in [-0.1, -0.05) is 35.3 Å². The maximum absolute atomic E-state index is 13.4. The summed E-state index contributed by atoms with van der Waals surface area (Å²) in [7, 11) is -3.96. The molecule has 0 saturated carbocycles. The fraction of sp³-hybridized carbons (Fsp3) is 0.462. The molecule has 0 aliphatic heterocycles. The van der Waals surface area contributed by atoms with Crippen LogP contribution in [0, 0.1) is 0 Å². The molecule has 0 spiro atoms. The first-order valence-electron chi connectivity index (χ1n) is 12.0. The number of halogens is 5. The minimum atomic E-state index is -4.65. The van der Waals surface area contributed by atoms with E-state index in [2.05, 4.69) is 5.32 Å². The Morgan fingerprint density at radius 2 is 1.69 bits per heavy atom. The van der Waals surface area contributed by atoms with Gasteiger partial charge in [0.05, 0.1) is 17.5 Å². The van der Waals surface area contributed by atoms with Crippen LogP contribution in [0.5, 0.6) is 0 Å². The van der Waals surface area contributed by atoms with E-state index in [0.717, 1.165) is 28.8 Å². The Kier molecular flexibility index (Phi) is 10.7. The normalized spacial score (nSPS) is 13.1. The molecule has 2 aromatic rings. The molecule has 0 aliphatic carbocycles. The summed E-state index contributed by atoms with van der Waals surface area (Å²) in [6.45, 7) is 6.70. The summed E-state index contributed by atoms with van der Waals surface area (Å²) >= 11 is 12.3. The highest BCUT2D eigenvalue weighted by atomic mass is 35.5. The van der Waals surface area contributed by atoms with Crippen LogP contribution in [0.4, 0.5) is 18.9 Å². The third-order valence-corrected chi connectivity index (χ3v) is 7.42. The summed E-state index contributed by atoms with van der Waals surface area (Å²) in [5, 5.41) is 3.53. The number of rotatable bonds is 10. The van der Waals surface area contributed by atoms with Gasteiger partial charge < -0.3 is 10.2 Å². The zero-order valence-electron chi connectivity index (χ0n) is 22.3. The van der Waals surface area contributed by atoms with Crippen LogP contribution in [0.25, 0.3) is 0 Å². The largest absolute Gasteiger partial charge is 0.416 e. The van der Waals surface area contributed by atoms with Crippen molar-refractivity contribution >= 4 is 50.7 Å². The van der Waals surface area contributed by atoms with E-state index < -0.39 is 45.2 Å². The molecule has 13 heteroatoms. The van der Waals surface area contributed by atoms with Crippen molar-refractivity contribution in [1.82, 2.24) is 10.2 Å². The van der Waals surface area contributed by atoms with Gasteiger partial charge in [0.2, 0.25) is 21.8 Å².